The van der Waals surface area contributed by atoms with Gasteiger partial charge in [-0.15, -0.1) is 11.6 Å². The highest BCUT2D eigenvalue weighted by atomic mass is 127. The lowest BCUT2D eigenvalue weighted by Crippen LogP contribution is -2.08. The average Bonchev–Trinajstić information content (AvgIpc) is 2.73. The molecule has 0 aliphatic rings. The Morgan fingerprint density at radius 3 is 2.70 bits per heavy atom. The van der Waals surface area contributed by atoms with Crippen molar-refractivity contribution in [3.63, 3.8) is 0 Å². The van der Waals surface area contributed by atoms with Crippen LogP contribution in [-0.4, -0.2) is 4.57 Å². The minimum atomic E-state index is -0.363. The summed E-state index contributed by atoms with van der Waals surface area (Å²) < 4.78 is 7.81. The first kappa shape index (κ1) is 13.7. The van der Waals surface area contributed by atoms with E-state index in [0.717, 1.165) is 20.2 Å². The van der Waals surface area contributed by atoms with E-state index in [0.29, 0.717) is 5.58 Å². The van der Waals surface area contributed by atoms with Crippen molar-refractivity contribution >= 4 is 45.3 Å². The van der Waals surface area contributed by atoms with Crippen molar-refractivity contribution in [2.24, 2.45) is 7.05 Å². The highest BCUT2D eigenvalue weighted by Crippen LogP contribution is 2.31. The fourth-order valence-corrected chi connectivity index (χ4v) is 3.00. The van der Waals surface area contributed by atoms with Gasteiger partial charge < -0.3 is 4.42 Å². The van der Waals surface area contributed by atoms with E-state index >= 15 is 0 Å². The number of nitrogens with zero attached hydrogens (tertiary/aromatic N) is 1. The third-order valence-corrected chi connectivity index (χ3v) is 4.43. The van der Waals surface area contributed by atoms with Crippen molar-refractivity contribution in [2.75, 3.05) is 0 Å². The molecule has 2 aromatic carbocycles. The first-order valence-corrected chi connectivity index (χ1v) is 7.57. The first-order chi connectivity index (χ1) is 9.56. The van der Waals surface area contributed by atoms with Crippen LogP contribution < -0.4 is 5.76 Å². The lowest BCUT2D eigenvalue weighted by Gasteiger charge is -2.10. The van der Waals surface area contributed by atoms with Gasteiger partial charge >= 0.3 is 5.76 Å². The van der Waals surface area contributed by atoms with Gasteiger partial charge in [0.05, 0.1) is 10.9 Å². The average molecular weight is 400 g/mol. The maximum Gasteiger partial charge on any atom is 0.419 e. The van der Waals surface area contributed by atoms with Crippen molar-refractivity contribution in [1.29, 1.82) is 0 Å². The lowest BCUT2D eigenvalue weighted by atomic mass is 10.0. The maximum absolute atomic E-state index is 11.5. The Balaban J connectivity index is 2.08. The second-order valence-corrected chi connectivity index (χ2v) is 6.25. The van der Waals surface area contributed by atoms with Crippen molar-refractivity contribution < 1.29 is 4.42 Å². The molecule has 0 radical (unpaired) electrons. The van der Waals surface area contributed by atoms with Crippen molar-refractivity contribution in [1.82, 2.24) is 4.57 Å². The van der Waals surface area contributed by atoms with E-state index in [4.69, 9.17) is 16.0 Å². The van der Waals surface area contributed by atoms with Gasteiger partial charge in [-0.1, -0.05) is 18.2 Å². The smallest absolute Gasteiger partial charge is 0.408 e. The van der Waals surface area contributed by atoms with Crippen LogP contribution in [0.25, 0.3) is 11.1 Å². The normalized spacial score (nSPS) is 12.8. The van der Waals surface area contributed by atoms with Crippen molar-refractivity contribution in [3.05, 3.63) is 67.7 Å². The Morgan fingerprint density at radius 1 is 1.20 bits per heavy atom. The van der Waals surface area contributed by atoms with Crippen LogP contribution in [-0.2, 0) is 7.05 Å². The summed E-state index contributed by atoms with van der Waals surface area (Å²) in [6.45, 7) is 0. The number of hydrogen-bond donors (Lipinski definition) is 0. The number of halogens is 2. The number of alkyl halides is 1. The third-order valence-electron chi connectivity index (χ3n) is 3.25. The summed E-state index contributed by atoms with van der Waals surface area (Å²) in [5, 5.41) is -0.264. The number of fused-ring (bicyclic) bond motifs is 1. The summed E-state index contributed by atoms with van der Waals surface area (Å²) in [5.74, 6) is -0.363. The quantitative estimate of drug-likeness (QED) is 0.481. The van der Waals surface area contributed by atoms with Gasteiger partial charge in [-0.05, 0) is 58.0 Å². The summed E-state index contributed by atoms with van der Waals surface area (Å²) >= 11 is 8.78. The van der Waals surface area contributed by atoms with Crippen LogP contribution in [0.3, 0.4) is 0 Å². The molecule has 1 unspecified atom stereocenters. The van der Waals surface area contributed by atoms with Gasteiger partial charge in [0.25, 0.3) is 0 Å². The summed E-state index contributed by atoms with van der Waals surface area (Å²) in [7, 11) is 1.69. The van der Waals surface area contributed by atoms with Crippen LogP contribution in [0, 0.1) is 3.57 Å². The van der Waals surface area contributed by atoms with Gasteiger partial charge in [0, 0.05) is 10.6 Å². The Morgan fingerprint density at radius 2 is 1.95 bits per heavy atom. The number of oxazole rings is 1. The van der Waals surface area contributed by atoms with Crippen LogP contribution in [0.1, 0.15) is 16.5 Å². The SMILES string of the molecule is Cn1c(=O)oc2cc(C(Cl)c3cccc(I)c3)ccc21. The van der Waals surface area contributed by atoms with Crippen LogP contribution >= 0.6 is 34.2 Å². The van der Waals surface area contributed by atoms with Gasteiger partial charge in [-0.3, -0.25) is 4.57 Å². The zero-order valence-corrected chi connectivity index (χ0v) is 13.6. The molecular weight excluding hydrogens is 389 g/mol. The van der Waals surface area contributed by atoms with Crippen LogP contribution in [0.2, 0.25) is 0 Å². The molecule has 3 rings (SSSR count). The van der Waals surface area contributed by atoms with E-state index in [1.54, 1.807) is 7.05 Å². The summed E-state index contributed by atoms with van der Waals surface area (Å²) in [4.78, 5) is 11.5. The fourth-order valence-electron chi connectivity index (χ4n) is 2.16. The molecule has 0 fully saturated rings. The molecule has 102 valence electrons. The minimum absolute atomic E-state index is 0.264. The van der Waals surface area contributed by atoms with Gasteiger partial charge in [-0.2, -0.15) is 0 Å². The zero-order valence-electron chi connectivity index (χ0n) is 10.6. The van der Waals surface area contributed by atoms with E-state index in [9.17, 15) is 4.79 Å². The molecular formula is C15H11ClINO2. The van der Waals surface area contributed by atoms with E-state index in [1.165, 1.54) is 4.57 Å². The second-order valence-electron chi connectivity index (χ2n) is 4.57. The Labute approximate surface area is 134 Å². The molecule has 0 saturated heterocycles. The molecule has 5 heteroatoms. The summed E-state index contributed by atoms with van der Waals surface area (Å²) in [6.07, 6.45) is 0. The third kappa shape index (κ3) is 2.38. The van der Waals surface area contributed by atoms with E-state index in [1.807, 2.05) is 42.5 Å². The van der Waals surface area contributed by atoms with Gasteiger partial charge in [0.15, 0.2) is 5.58 Å². The molecule has 0 bridgehead atoms. The molecule has 20 heavy (non-hydrogen) atoms. The molecule has 0 N–H and O–H groups in total. The molecule has 1 atom stereocenters. The molecule has 3 nitrogen and oxygen atoms in total. The number of hydrogen-bond acceptors (Lipinski definition) is 2. The first-order valence-electron chi connectivity index (χ1n) is 6.05. The number of benzene rings is 2. The Hall–Kier alpha value is -1.27. The van der Waals surface area contributed by atoms with E-state index < -0.39 is 0 Å². The molecule has 0 amide bonds. The molecule has 0 spiro atoms. The van der Waals surface area contributed by atoms with Gasteiger partial charge in [0.1, 0.15) is 0 Å². The molecule has 0 saturated carbocycles. The standard InChI is InChI=1S/C15H11ClINO2/c1-18-12-6-5-10(8-13(12)20-15(18)19)14(16)9-3-2-4-11(17)7-9/h2-8,14H,1H3. The molecule has 0 aliphatic heterocycles. The maximum atomic E-state index is 11.5. The van der Waals surface area contributed by atoms with Crippen molar-refractivity contribution in [2.45, 2.75) is 5.38 Å². The summed E-state index contributed by atoms with van der Waals surface area (Å²) in [6, 6.07) is 13.7. The molecule has 0 aliphatic carbocycles. The Kier molecular flexibility index (Phi) is 3.60. The zero-order chi connectivity index (χ0) is 14.3. The molecule has 1 aromatic heterocycles. The van der Waals surface area contributed by atoms with E-state index in [-0.39, 0.29) is 11.1 Å². The fraction of sp³-hybridized carbons (Fsp3) is 0.133. The minimum Gasteiger partial charge on any atom is -0.408 e. The van der Waals surface area contributed by atoms with E-state index in [2.05, 4.69) is 22.6 Å². The second kappa shape index (κ2) is 5.26. The molecule has 3 aromatic rings. The predicted molar refractivity (Wildman–Crippen MR) is 88.3 cm³/mol. The number of rotatable bonds is 2. The van der Waals surface area contributed by atoms with Gasteiger partial charge in [-0.25, -0.2) is 4.79 Å². The van der Waals surface area contributed by atoms with Crippen LogP contribution in [0.5, 0.6) is 0 Å². The number of aromatic nitrogens is 1. The van der Waals surface area contributed by atoms with Crippen LogP contribution in [0.4, 0.5) is 0 Å². The Bertz CT molecular complexity index is 837. The largest absolute Gasteiger partial charge is 0.419 e. The predicted octanol–water partition coefficient (Wildman–Crippen LogP) is 4.06. The van der Waals surface area contributed by atoms with Gasteiger partial charge in [0.2, 0.25) is 0 Å². The highest BCUT2D eigenvalue weighted by Gasteiger charge is 2.14. The topological polar surface area (TPSA) is 35.1 Å². The number of aryl methyl sites for hydroxylation is 1. The summed E-state index contributed by atoms with van der Waals surface area (Å²) in [5.41, 5.74) is 3.27. The molecule has 1 heterocycles. The highest BCUT2D eigenvalue weighted by molar-refractivity contribution is 14.1. The lowest BCUT2D eigenvalue weighted by molar-refractivity contribution is 0.528. The monoisotopic (exact) mass is 399 g/mol. The van der Waals surface area contributed by atoms with Crippen molar-refractivity contribution in [3.8, 4) is 0 Å². The van der Waals surface area contributed by atoms with Crippen LogP contribution in [0.15, 0.2) is 51.7 Å².